The van der Waals surface area contributed by atoms with Crippen molar-refractivity contribution in [3.05, 3.63) is 57.2 Å². The Morgan fingerprint density at radius 1 is 1.29 bits per heavy atom. The average Bonchev–Trinajstić information content (AvgIpc) is 2.56. The molecule has 0 aromatic heterocycles. The lowest BCUT2D eigenvalue weighted by Crippen LogP contribution is -2.34. The Labute approximate surface area is 160 Å². The molecule has 1 amide bonds. The molecule has 0 saturated carbocycles. The number of carbonyl (C=O) groups excluding carboxylic acids is 1. The van der Waals surface area contributed by atoms with Crippen LogP contribution in [0.3, 0.4) is 0 Å². The molecule has 0 spiro atoms. The molecule has 0 radical (unpaired) electrons. The summed E-state index contributed by atoms with van der Waals surface area (Å²) in [6, 6.07) is 12.6. The SMILES string of the molecule is CC[C@@H](C)c1ccc(O)c(NC(=S)NC(=O)c2ccccc2I)c1. The van der Waals surface area contributed by atoms with Crippen LogP contribution >= 0.6 is 34.8 Å². The van der Waals surface area contributed by atoms with Gasteiger partial charge in [-0.2, -0.15) is 0 Å². The highest BCUT2D eigenvalue weighted by Crippen LogP contribution is 2.29. The summed E-state index contributed by atoms with van der Waals surface area (Å²) in [5, 5.41) is 15.7. The number of benzene rings is 2. The van der Waals surface area contributed by atoms with E-state index in [1.165, 1.54) is 0 Å². The number of anilines is 1. The van der Waals surface area contributed by atoms with Crippen LogP contribution in [0.15, 0.2) is 42.5 Å². The number of phenols is 1. The zero-order valence-corrected chi connectivity index (χ0v) is 16.4. The van der Waals surface area contributed by atoms with Gasteiger partial charge in [0.15, 0.2) is 5.11 Å². The van der Waals surface area contributed by atoms with Crippen molar-refractivity contribution in [2.75, 3.05) is 5.32 Å². The Balaban J connectivity index is 2.10. The van der Waals surface area contributed by atoms with Crippen LogP contribution in [0.5, 0.6) is 5.75 Å². The maximum atomic E-state index is 12.3. The topological polar surface area (TPSA) is 61.4 Å². The molecule has 4 nitrogen and oxygen atoms in total. The molecule has 2 aromatic rings. The number of hydrogen-bond donors (Lipinski definition) is 3. The molecule has 24 heavy (non-hydrogen) atoms. The van der Waals surface area contributed by atoms with Gasteiger partial charge in [0.1, 0.15) is 5.75 Å². The highest BCUT2D eigenvalue weighted by atomic mass is 127. The van der Waals surface area contributed by atoms with Gasteiger partial charge in [-0.15, -0.1) is 0 Å². The van der Waals surface area contributed by atoms with Crippen LogP contribution < -0.4 is 10.6 Å². The molecule has 2 aromatic carbocycles. The molecule has 2 rings (SSSR count). The Morgan fingerprint density at radius 3 is 2.67 bits per heavy atom. The molecule has 0 aliphatic rings. The molecule has 0 heterocycles. The van der Waals surface area contributed by atoms with Crippen molar-refractivity contribution < 1.29 is 9.90 Å². The van der Waals surface area contributed by atoms with Crippen LogP contribution in [0, 0.1) is 3.57 Å². The summed E-state index contributed by atoms with van der Waals surface area (Å²) < 4.78 is 0.844. The summed E-state index contributed by atoms with van der Waals surface area (Å²) >= 11 is 7.30. The van der Waals surface area contributed by atoms with Crippen molar-refractivity contribution >= 4 is 51.5 Å². The molecule has 0 bridgehead atoms. The van der Waals surface area contributed by atoms with E-state index in [2.05, 4.69) is 47.1 Å². The van der Waals surface area contributed by atoms with Crippen LogP contribution in [-0.4, -0.2) is 16.1 Å². The van der Waals surface area contributed by atoms with Gasteiger partial charge in [-0.05, 0) is 77.0 Å². The largest absolute Gasteiger partial charge is 0.506 e. The Kier molecular flexibility index (Phi) is 6.56. The third-order valence-corrected chi connectivity index (χ3v) is 4.94. The van der Waals surface area contributed by atoms with Crippen LogP contribution in [0.2, 0.25) is 0 Å². The second-order valence-electron chi connectivity index (χ2n) is 5.47. The average molecular weight is 454 g/mol. The van der Waals surface area contributed by atoms with Crippen LogP contribution in [0.25, 0.3) is 0 Å². The molecule has 6 heteroatoms. The Hall–Kier alpha value is -1.67. The summed E-state index contributed by atoms with van der Waals surface area (Å²) in [7, 11) is 0. The number of thiocarbonyl (C=S) groups is 1. The van der Waals surface area contributed by atoms with Gasteiger partial charge in [0.2, 0.25) is 0 Å². The number of phenolic OH excluding ortho intramolecular Hbond substituents is 1. The van der Waals surface area contributed by atoms with E-state index >= 15 is 0 Å². The van der Waals surface area contributed by atoms with E-state index in [0.29, 0.717) is 17.2 Å². The minimum absolute atomic E-state index is 0.0907. The van der Waals surface area contributed by atoms with Gasteiger partial charge >= 0.3 is 0 Å². The van der Waals surface area contributed by atoms with Crippen molar-refractivity contribution in [2.45, 2.75) is 26.2 Å². The van der Waals surface area contributed by atoms with Crippen LogP contribution in [0.4, 0.5) is 5.69 Å². The van der Waals surface area contributed by atoms with E-state index in [-0.39, 0.29) is 16.8 Å². The fourth-order valence-electron chi connectivity index (χ4n) is 2.17. The minimum atomic E-state index is -0.282. The van der Waals surface area contributed by atoms with E-state index < -0.39 is 0 Å². The second kappa shape index (κ2) is 8.43. The molecular weight excluding hydrogens is 435 g/mol. The molecule has 126 valence electrons. The number of hydrogen-bond acceptors (Lipinski definition) is 3. The smallest absolute Gasteiger partial charge is 0.258 e. The highest BCUT2D eigenvalue weighted by molar-refractivity contribution is 14.1. The fourth-order valence-corrected chi connectivity index (χ4v) is 3.00. The van der Waals surface area contributed by atoms with Crippen molar-refractivity contribution in [2.24, 2.45) is 0 Å². The van der Waals surface area contributed by atoms with E-state index in [0.717, 1.165) is 15.6 Å². The van der Waals surface area contributed by atoms with E-state index in [4.69, 9.17) is 12.2 Å². The van der Waals surface area contributed by atoms with Gasteiger partial charge in [0.05, 0.1) is 11.3 Å². The lowest BCUT2D eigenvalue weighted by atomic mass is 9.98. The van der Waals surface area contributed by atoms with Crippen molar-refractivity contribution in [3.8, 4) is 5.75 Å². The zero-order chi connectivity index (χ0) is 17.7. The number of aromatic hydroxyl groups is 1. The first-order valence-electron chi connectivity index (χ1n) is 7.62. The zero-order valence-electron chi connectivity index (χ0n) is 13.5. The molecule has 0 fully saturated rings. The van der Waals surface area contributed by atoms with Crippen LogP contribution in [0.1, 0.15) is 42.1 Å². The van der Waals surface area contributed by atoms with Crippen LogP contribution in [-0.2, 0) is 0 Å². The molecule has 1 atom stereocenters. The van der Waals surface area contributed by atoms with Crippen molar-refractivity contribution in [1.29, 1.82) is 0 Å². The third kappa shape index (κ3) is 4.67. The first kappa shape index (κ1) is 18.7. The molecule has 0 aliphatic heterocycles. The predicted octanol–water partition coefficient (Wildman–Crippen LogP) is 4.64. The summed E-state index contributed by atoms with van der Waals surface area (Å²) in [5.74, 6) is 0.184. The van der Waals surface area contributed by atoms with Gasteiger partial charge in [-0.1, -0.05) is 32.0 Å². The van der Waals surface area contributed by atoms with Gasteiger partial charge in [0, 0.05) is 3.57 Å². The summed E-state index contributed by atoms with van der Waals surface area (Å²) in [4.78, 5) is 12.3. The van der Waals surface area contributed by atoms with E-state index in [1.54, 1.807) is 18.2 Å². The fraction of sp³-hybridized carbons (Fsp3) is 0.222. The van der Waals surface area contributed by atoms with Crippen molar-refractivity contribution in [1.82, 2.24) is 5.32 Å². The van der Waals surface area contributed by atoms with Gasteiger partial charge in [0.25, 0.3) is 5.91 Å². The molecular formula is C18H19IN2O2S. The number of halogens is 1. The Morgan fingerprint density at radius 2 is 2.00 bits per heavy atom. The number of nitrogens with one attached hydrogen (secondary N) is 2. The Bertz CT molecular complexity index is 764. The maximum Gasteiger partial charge on any atom is 0.258 e. The number of amides is 1. The monoisotopic (exact) mass is 454 g/mol. The standard InChI is InChI=1S/C18H19IN2O2S/c1-3-11(2)12-8-9-16(22)15(10-12)20-18(24)21-17(23)13-6-4-5-7-14(13)19/h4-11,22H,3H2,1-2H3,(H2,20,21,23,24)/t11-/m1/s1. The highest BCUT2D eigenvalue weighted by Gasteiger charge is 2.13. The number of rotatable bonds is 4. The number of carbonyl (C=O) groups is 1. The predicted molar refractivity (Wildman–Crippen MR) is 110 cm³/mol. The minimum Gasteiger partial charge on any atom is -0.506 e. The van der Waals surface area contributed by atoms with Gasteiger partial charge < -0.3 is 10.4 Å². The molecule has 3 N–H and O–H groups in total. The molecule has 0 saturated heterocycles. The summed E-state index contributed by atoms with van der Waals surface area (Å²) in [5.41, 5.74) is 2.14. The second-order valence-corrected chi connectivity index (χ2v) is 7.04. The van der Waals surface area contributed by atoms with Gasteiger partial charge in [-0.3, -0.25) is 10.1 Å². The first-order chi connectivity index (χ1) is 11.4. The molecule has 0 unspecified atom stereocenters. The third-order valence-electron chi connectivity index (χ3n) is 3.80. The summed E-state index contributed by atoms with van der Waals surface area (Å²) in [6.45, 7) is 4.23. The maximum absolute atomic E-state index is 12.3. The molecule has 0 aliphatic carbocycles. The quantitative estimate of drug-likeness (QED) is 0.358. The normalized spacial score (nSPS) is 11.6. The van der Waals surface area contributed by atoms with E-state index in [9.17, 15) is 9.90 Å². The van der Waals surface area contributed by atoms with Crippen molar-refractivity contribution in [3.63, 3.8) is 0 Å². The lowest BCUT2D eigenvalue weighted by Gasteiger charge is -2.15. The lowest BCUT2D eigenvalue weighted by molar-refractivity contribution is 0.0977. The van der Waals surface area contributed by atoms with E-state index in [1.807, 2.05) is 24.3 Å². The summed E-state index contributed by atoms with van der Waals surface area (Å²) in [6.07, 6.45) is 0.998. The van der Waals surface area contributed by atoms with Gasteiger partial charge in [-0.25, -0.2) is 0 Å². The first-order valence-corrected chi connectivity index (χ1v) is 9.10.